The number of aryl methyl sites for hydroxylation is 2. The van der Waals surface area contributed by atoms with Crippen LogP contribution in [0.3, 0.4) is 0 Å². The Bertz CT molecular complexity index is 1120. The number of nitrogens with one attached hydrogen (secondary N) is 1. The predicted octanol–water partition coefficient (Wildman–Crippen LogP) is 4.58. The number of carbonyl (C=O) groups is 2. The maximum Gasteiger partial charge on any atom is 0.246 e. The average molecular weight is 402 g/mol. The Morgan fingerprint density at radius 1 is 1.00 bits per heavy atom. The second-order valence-corrected chi connectivity index (χ2v) is 7.37. The number of hydrogen-bond donors (Lipinski definition) is 1. The lowest BCUT2D eigenvalue weighted by Gasteiger charge is -2.16. The van der Waals surface area contributed by atoms with Crippen molar-refractivity contribution in [3.63, 3.8) is 0 Å². The summed E-state index contributed by atoms with van der Waals surface area (Å²) in [5.41, 5.74) is 3.73. The molecule has 0 fully saturated rings. The van der Waals surface area contributed by atoms with Crippen LogP contribution in [-0.2, 0) is 9.59 Å². The number of benzene rings is 3. The summed E-state index contributed by atoms with van der Waals surface area (Å²) in [6, 6.07) is 17.7. The molecule has 0 saturated heterocycles. The molecule has 3 rings (SSSR count). The molecular weight excluding hydrogens is 376 g/mol. The largest absolute Gasteiger partial charge is 0.497 e. The molecule has 3 aromatic rings. The number of rotatable bonds is 6. The monoisotopic (exact) mass is 402 g/mol. The molecule has 5 heteroatoms. The smallest absolute Gasteiger partial charge is 0.246 e. The van der Waals surface area contributed by atoms with E-state index in [1.807, 2.05) is 68.4 Å². The van der Waals surface area contributed by atoms with Gasteiger partial charge in [-0.05, 0) is 71.7 Å². The van der Waals surface area contributed by atoms with Crippen LogP contribution in [-0.4, -0.2) is 37.4 Å². The Morgan fingerprint density at radius 2 is 1.73 bits per heavy atom. The van der Waals surface area contributed by atoms with Crippen molar-refractivity contribution in [1.82, 2.24) is 4.90 Å². The standard InChI is InChI=1S/C25H26N2O3/c1-17-5-6-18(2)23(13-17)26-24(28)16-27(3)25(29)12-8-19-7-9-21-15-22(30-4)11-10-20(21)14-19/h5-15H,16H2,1-4H3,(H,26,28)/b12-8+. The van der Waals surface area contributed by atoms with Crippen molar-refractivity contribution in [2.75, 3.05) is 26.0 Å². The zero-order chi connectivity index (χ0) is 21.7. The molecule has 30 heavy (non-hydrogen) atoms. The summed E-state index contributed by atoms with van der Waals surface area (Å²) in [5, 5.41) is 5.00. The molecule has 0 spiro atoms. The van der Waals surface area contributed by atoms with E-state index in [9.17, 15) is 9.59 Å². The molecule has 0 saturated carbocycles. The van der Waals surface area contributed by atoms with Crippen LogP contribution in [0.2, 0.25) is 0 Å². The van der Waals surface area contributed by atoms with E-state index in [1.165, 1.54) is 11.0 Å². The Balaban J connectivity index is 1.61. The molecule has 0 heterocycles. The van der Waals surface area contributed by atoms with Gasteiger partial charge < -0.3 is 15.0 Å². The van der Waals surface area contributed by atoms with Gasteiger partial charge in [-0.25, -0.2) is 0 Å². The second kappa shape index (κ2) is 9.27. The highest BCUT2D eigenvalue weighted by Gasteiger charge is 2.12. The van der Waals surface area contributed by atoms with Gasteiger partial charge in [-0.3, -0.25) is 9.59 Å². The van der Waals surface area contributed by atoms with Crippen LogP contribution in [0.5, 0.6) is 5.75 Å². The minimum absolute atomic E-state index is 0.0198. The first-order chi connectivity index (χ1) is 14.4. The fraction of sp³-hybridized carbons (Fsp3) is 0.200. The fourth-order valence-electron chi connectivity index (χ4n) is 3.12. The SMILES string of the molecule is COc1ccc2cc(/C=C/C(=O)N(C)CC(=O)Nc3cc(C)ccc3C)ccc2c1. The lowest BCUT2D eigenvalue weighted by Crippen LogP contribution is -2.34. The van der Waals surface area contributed by atoms with Gasteiger partial charge in [0.2, 0.25) is 11.8 Å². The quantitative estimate of drug-likeness (QED) is 0.614. The van der Waals surface area contributed by atoms with E-state index >= 15 is 0 Å². The summed E-state index contributed by atoms with van der Waals surface area (Å²) in [7, 11) is 3.25. The van der Waals surface area contributed by atoms with E-state index in [2.05, 4.69) is 5.32 Å². The first kappa shape index (κ1) is 21.1. The van der Waals surface area contributed by atoms with E-state index in [4.69, 9.17) is 4.74 Å². The average Bonchev–Trinajstić information content (AvgIpc) is 2.73. The lowest BCUT2D eigenvalue weighted by atomic mass is 10.1. The fourth-order valence-corrected chi connectivity index (χ4v) is 3.12. The van der Waals surface area contributed by atoms with Crippen LogP contribution in [0.1, 0.15) is 16.7 Å². The zero-order valence-electron chi connectivity index (χ0n) is 17.7. The van der Waals surface area contributed by atoms with Crippen LogP contribution in [0.15, 0.2) is 60.7 Å². The van der Waals surface area contributed by atoms with Gasteiger partial charge in [0, 0.05) is 18.8 Å². The summed E-state index contributed by atoms with van der Waals surface area (Å²) in [4.78, 5) is 26.1. The number of likely N-dealkylation sites (N-methyl/N-ethyl adjacent to an activating group) is 1. The third-order valence-electron chi connectivity index (χ3n) is 4.91. The Kier molecular flexibility index (Phi) is 6.52. The molecule has 0 aliphatic carbocycles. The zero-order valence-corrected chi connectivity index (χ0v) is 17.7. The number of hydrogen-bond acceptors (Lipinski definition) is 3. The van der Waals surface area contributed by atoms with Gasteiger partial charge in [0.1, 0.15) is 5.75 Å². The number of nitrogens with zero attached hydrogens (tertiary/aromatic N) is 1. The number of amides is 2. The number of carbonyl (C=O) groups excluding carboxylic acids is 2. The van der Waals surface area contributed by atoms with Crippen molar-refractivity contribution < 1.29 is 14.3 Å². The number of ether oxygens (including phenoxy) is 1. The van der Waals surface area contributed by atoms with Crippen molar-refractivity contribution in [1.29, 1.82) is 0 Å². The molecule has 0 unspecified atom stereocenters. The molecule has 0 bridgehead atoms. The van der Waals surface area contributed by atoms with Gasteiger partial charge in [-0.2, -0.15) is 0 Å². The molecule has 2 amide bonds. The Morgan fingerprint density at radius 3 is 2.50 bits per heavy atom. The van der Waals surface area contributed by atoms with Gasteiger partial charge in [0.05, 0.1) is 13.7 Å². The molecule has 0 radical (unpaired) electrons. The van der Waals surface area contributed by atoms with Gasteiger partial charge in [0.25, 0.3) is 0 Å². The summed E-state index contributed by atoms with van der Waals surface area (Å²) in [5.74, 6) is 0.343. The molecule has 0 atom stereocenters. The van der Waals surface area contributed by atoms with Gasteiger partial charge in [0.15, 0.2) is 0 Å². The molecular formula is C25H26N2O3. The molecule has 1 N–H and O–H groups in total. The third-order valence-corrected chi connectivity index (χ3v) is 4.91. The van der Waals surface area contributed by atoms with Crippen LogP contribution in [0.4, 0.5) is 5.69 Å². The second-order valence-electron chi connectivity index (χ2n) is 7.37. The van der Waals surface area contributed by atoms with Crippen LogP contribution in [0.25, 0.3) is 16.8 Å². The summed E-state index contributed by atoms with van der Waals surface area (Å²) in [6.07, 6.45) is 3.24. The number of fused-ring (bicyclic) bond motifs is 1. The van der Waals surface area contributed by atoms with Gasteiger partial charge >= 0.3 is 0 Å². The van der Waals surface area contributed by atoms with E-state index in [0.29, 0.717) is 0 Å². The molecule has 0 aliphatic heterocycles. The molecule has 5 nitrogen and oxygen atoms in total. The van der Waals surface area contributed by atoms with E-state index in [0.717, 1.165) is 38.9 Å². The Hall–Kier alpha value is -3.60. The van der Waals surface area contributed by atoms with Crippen molar-refractivity contribution in [3.05, 3.63) is 77.4 Å². The van der Waals surface area contributed by atoms with Crippen LogP contribution in [0, 0.1) is 13.8 Å². The lowest BCUT2D eigenvalue weighted by molar-refractivity contribution is -0.129. The highest BCUT2D eigenvalue weighted by atomic mass is 16.5. The van der Waals surface area contributed by atoms with Crippen molar-refractivity contribution in [2.24, 2.45) is 0 Å². The molecule has 154 valence electrons. The molecule has 0 aliphatic rings. The van der Waals surface area contributed by atoms with E-state index in [1.54, 1.807) is 20.2 Å². The molecule has 3 aromatic carbocycles. The van der Waals surface area contributed by atoms with Crippen molar-refractivity contribution >= 4 is 34.4 Å². The Labute approximate surface area is 177 Å². The summed E-state index contributed by atoms with van der Waals surface area (Å²) < 4.78 is 5.24. The maximum absolute atomic E-state index is 12.4. The number of anilines is 1. The third kappa shape index (κ3) is 5.26. The predicted molar refractivity (Wildman–Crippen MR) is 122 cm³/mol. The molecule has 0 aromatic heterocycles. The topological polar surface area (TPSA) is 58.6 Å². The van der Waals surface area contributed by atoms with Crippen LogP contribution < -0.4 is 10.1 Å². The van der Waals surface area contributed by atoms with Crippen LogP contribution >= 0.6 is 0 Å². The first-order valence-corrected chi connectivity index (χ1v) is 9.74. The number of methoxy groups -OCH3 is 1. The van der Waals surface area contributed by atoms with Gasteiger partial charge in [-0.15, -0.1) is 0 Å². The van der Waals surface area contributed by atoms with Gasteiger partial charge in [-0.1, -0.05) is 30.3 Å². The highest BCUT2D eigenvalue weighted by molar-refractivity contribution is 5.98. The van der Waals surface area contributed by atoms with Crippen molar-refractivity contribution in [2.45, 2.75) is 13.8 Å². The maximum atomic E-state index is 12.4. The highest BCUT2D eigenvalue weighted by Crippen LogP contribution is 2.22. The van der Waals surface area contributed by atoms with E-state index < -0.39 is 0 Å². The first-order valence-electron chi connectivity index (χ1n) is 9.74. The normalized spacial score (nSPS) is 10.9. The van der Waals surface area contributed by atoms with Crippen molar-refractivity contribution in [3.8, 4) is 5.75 Å². The minimum atomic E-state index is -0.235. The summed E-state index contributed by atoms with van der Waals surface area (Å²) in [6.45, 7) is 3.89. The summed E-state index contributed by atoms with van der Waals surface area (Å²) >= 11 is 0. The minimum Gasteiger partial charge on any atom is -0.497 e. The van der Waals surface area contributed by atoms with E-state index in [-0.39, 0.29) is 18.4 Å².